The molecule has 0 aromatic carbocycles. The number of rotatable bonds is 0. The molecule has 0 saturated heterocycles. The summed E-state index contributed by atoms with van der Waals surface area (Å²) in [4.78, 5) is 0. The minimum Gasteiger partial charge on any atom is -0.501 e. The second-order valence-electron chi connectivity index (χ2n) is 4.82. The van der Waals surface area contributed by atoms with Gasteiger partial charge in [-0.3, -0.25) is 0 Å². The van der Waals surface area contributed by atoms with E-state index in [4.69, 9.17) is 4.74 Å². The first-order valence-corrected chi connectivity index (χ1v) is 4.99. The van der Waals surface area contributed by atoms with E-state index in [1.807, 2.05) is 6.26 Å². The van der Waals surface area contributed by atoms with Crippen molar-refractivity contribution < 1.29 is 4.74 Å². The maximum atomic E-state index is 5.29. The summed E-state index contributed by atoms with van der Waals surface area (Å²) in [5.74, 6) is 0.529. The zero-order chi connectivity index (χ0) is 9.90. The molecule has 1 rings (SSSR count). The van der Waals surface area contributed by atoms with Crippen LogP contribution in [-0.4, -0.2) is 6.61 Å². The van der Waals surface area contributed by atoms with Gasteiger partial charge in [0.05, 0.1) is 12.9 Å². The van der Waals surface area contributed by atoms with E-state index >= 15 is 0 Å². The van der Waals surface area contributed by atoms with E-state index in [0.29, 0.717) is 5.92 Å². The highest BCUT2D eigenvalue weighted by molar-refractivity contribution is 5.15. The normalized spacial score (nSPS) is 27.1. The van der Waals surface area contributed by atoms with Crippen LogP contribution < -0.4 is 0 Å². The van der Waals surface area contributed by atoms with Crippen molar-refractivity contribution in [3.05, 3.63) is 24.0 Å². The third-order valence-corrected chi connectivity index (χ3v) is 2.18. The highest BCUT2D eigenvalue weighted by Crippen LogP contribution is 2.26. The summed E-state index contributed by atoms with van der Waals surface area (Å²) in [6, 6.07) is 0. The highest BCUT2D eigenvalue weighted by Gasteiger charge is 2.13. The molecule has 0 bridgehead atoms. The first kappa shape index (κ1) is 10.4. The van der Waals surface area contributed by atoms with Gasteiger partial charge in [-0.15, -0.1) is 0 Å². The molecule has 1 aliphatic heterocycles. The molecular formula is C12H20O. The van der Waals surface area contributed by atoms with E-state index in [1.165, 1.54) is 5.57 Å². The maximum Gasteiger partial charge on any atom is 0.0910 e. The third kappa shape index (κ3) is 3.67. The lowest BCUT2D eigenvalue weighted by Crippen LogP contribution is -2.05. The quantitative estimate of drug-likeness (QED) is 0.518. The second kappa shape index (κ2) is 3.99. The fourth-order valence-corrected chi connectivity index (χ4v) is 1.53. The van der Waals surface area contributed by atoms with Crippen molar-refractivity contribution in [2.75, 3.05) is 6.61 Å². The molecule has 1 unspecified atom stereocenters. The van der Waals surface area contributed by atoms with Crippen LogP contribution in [0.1, 0.15) is 34.1 Å². The summed E-state index contributed by atoms with van der Waals surface area (Å²) < 4.78 is 5.29. The minimum atomic E-state index is 0.280. The van der Waals surface area contributed by atoms with Gasteiger partial charge in [0.25, 0.3) is 0 Å². The summed E-state index contributed by atoms with van der Waals surface area (Å²) in [6.45, 7) is 9.76. The van der Waals surface area contributed by atoms with E-state index in [9.17, 15) is 0 Å². The molecule has 0 amide bonds. The molecule has 0 fully saturated rings. The van der Waals surface area contributed by atoms with Crippen molar-refractivity contribution in [3.63, 3.8) is 0 Å². The average molecular weight is 180 g/mol. The molecule has 1 heteroatoms. The molecule has 0 aromatic rings. The summed E-state index contributed by atoms with van der Waals surface area (Å²) in [5, 5.41) is 0. The van der Waals surface area contributed by atoms with Gasteiger partial charge in [-0.2, -0.15) is 0 Å². The van der Waals surface area contributed by atoms with Gasteiger partial charge in [-0.05, 0) is 17.4 Å². The first-order chi connectivity index (χ1) is 5.99. The van der Waals surface area contributed by atoms with E-state index in [1.54, 1.807) is 0 Å². The number of hydrogen-bond donors (Lipinski definition) is 0. The molecule has 0 aromatic heterocycles. The van der Waals surface area contributed by atoms with E-state index in [2.05, 4.69) is 39.8 Å². The van der Waals surface area contributed by atoms with Crippen LogP contribution in [0.3, 0.4) is 0 Å². The summed E-state index contributed by atoms with van der Waals surface area (Å²) in [6.07, 6.45) is 7.39. The number of allylic oxidation sites excluding steroid dienone is 2. The minimum absolute atomic E-state index is 0.280. The average Bonchev–Trinajstić information content (AvgIpc) is 2.14. The summed E-state index contributed by atoms with van der Waals surface area (Å²) in [5.41, 5.74) is 1.78. The third-order valence-electron chi connectivity index (χ3n) is 2.18. The number of ether oxygens (including phenoxy) is 1. The van der Waals surface area contributed by atoms with Crippen LogP contribution in [0.15, 0.2) is 24.0 Å². The monoisotopic (exact) mass is 180 g/mol. The van der Waals surface area contributed by atoms with Crippen LogP contribution in [0.25, 0.3) is 0 Å². The van der Waals surface area contributed by atoms with Gasteiger partial charge < -0.3 is 4.74 Å². The zero-order valence-electron chi connectivity index (χ0n) is 9.13. The summed E-state index contributed by atoms with van der Waals surface area (Å²) >= 11 is 0. The van der Waals surface area contributed by atoms with Crippen molar-refractivity contribution in [1.29, 1.82) is 0 Å². The maximum absolute atomic E-state index is 5.29. The molecule has 0 radical (unpaired) electrons. The molecule has 1 aliphatic rings. The predicted molar refractivity (Wildman–Crippen MR) is 56.4 cm³/mol. The Labute approximate surface area is 81.5 Å². The molecule has 1 heterocycles. The van der Waals surface area contributed by atoms with Crippen molar-refractivity contribution in [2.24, 2.45) is 11.3 Å². The van der Waals surface area contributed by atoms with Crippen LogP contribution in [0, 0.1) is 11.3 Å². The Morgan fingerprint density at radius 1 is 1.46 bits per heavy atom. The van der Waals surface area contributed by atoms with Gasteiger partial charge >= 0.3 is 0 Å². The molecule has 1 nitrogen and oxygen atoms in total. The van der Waals surface area contributed by atoms with E-state index in [0.717, 1.165) is 13.0 Å². The SMILES string of the molecule is CC1C=COCC/C1=C\C(C)(C)C. The zero-order valence-corrected chi connectivity index (χ0v) is 9.13. The molecule has 0 aliphatic carbocycles. The molecule has 0 spiro atoms. The Balaban J connectivity index is 2.77. The first-order valence-electron chi connectivity index (χ1n) is 4.99. The van der Waals surface area contributed by atoms with Crippen LogP contribution >= 0.6 is 0 Å². The van der Waals surface area contributed by atoms with Crippen molar-refractivity contribution in [2.45, 2.75) is 34.1 Å². The fourth-order valence-electron chi connectivity index (χ4n) is 1.53. The molecule has 74 valence electrons. The molecule has 13 heavy (non-hydrogen) atoms. The van der Waals surface area contributed by atoms with Gasteiger partial charge in [0.15, 0.2) is 0 Å². The van der Waals surface area contributed by atoms with Gasteiger partial charge in [0.1, 0.15) is 0 Å². The lowest BCUT2D eigenvalue weighted by molar-refractivity contribution is 0.257. The Bertz CT molecular complexity index is 218. The number of hydrogen-bond acceptors (Lipinski definition) is 1. The van der Waals surface area contributed by atoms with Gasteiger partial charge in [0.2, 0.25) is 0 Å². The van der Waals surface area contributed by atoms with Gasteiger partial charge in [-0.25, -0.2) is 0 Å². The largest absolute Gasteiger partial charge is 0.501 e. The van der Waals surface area contributed by atoms with Gasteiger partial charge in [0, 0.05) is 6.42 Å². The van der Waals surface area contributed by atoms with Crippen molar-refractivity contribution in [1.82, 2.24) is 0 Å². The lowest BCUT2D eigenvalue weighted by atomic mass is 9.88. The van der Waals surface area contributed by atoms with Crippen molar-refractivity contribution >= 4 is 0 Å². The highest BCUT2D eigenvalue weighted by atomic mass is 16.5. The second-order valence-corrected chi connectivity index (χ2v) is 4.82. The fraction of sp³-hybridized carbons (Fsp3) is 0.667. The Morgan fingerprint density at radius 2 is 2.15 bits per heavy atom. The van der Waals surface area contributed by atoms with E-state index < -0.39 is 0 Å². The molecule has 0 saturated carbocycles. The van der Waals surface area contributed by atoms with Crippen LogP contribution in [0.5, 0.6) is 0 Å². The summed E-state index contributed by atoms with van der Waals surface area (Å²) in [7, 11) is 0. The van der Waals surface area contributed by atoms with Crippen molar-refractivity contribution in [3.8, 4) is 0 Å². The predicted octanol–water partition coefficient (Wildman–Crippen LogP) is 3.53. The van der Waals surface area contributed by atoms with Gasteiger partial charge in [-0.1, -0.05) is 39.3 Å². The Morgan fingerprint density at radius 3 is 2.77 bits per heavy atom. The molecule has 1 atom stereocenters. The Kier molecular flexibility index (Phi) is 3.18. The standard InChI is InChI=1S/C12H20O/c1-10-5-7-13-8-6-11(10)9-12(2,3)4/h5,7,9-10H,6,8H2,1-4H3/b11-9+. The molecule has 0 N–H and O–H groups in total. The van der Waals surface area contributed by atoms with Crippen LogP contribution in [0.4, 0.5) is 0 Å². The molecular weight excluding hydrogens is 160 g/mol. The van der Waals surface area contributed by atoms with Crippen LogP contribution in [0.2, 0.25) is 0 Å². The van der Waals surface area contributed by atoms with E-state index in [-0.39, 0.29) is 5.41 Å². The van der Waals surface area contributed by atoms with Crippen LogP contribution in [-0.2, 0) is 4.74 Å². The topological polar surface area (TPSA) is 9.23 Å². The lowest BCUT2D eigenvalue weighted by Gasteiger charge is -2.18. The smallest absolute Gasteiger partial charge is 0.0910 e. The Hall–Kier alpha value is -0.720.